The van der Waals surface area contributed by atoms with E-state index in [9.17, 15) is 4.79 Å². The predicted octanol–water partition coefficient (Wildman–Crippen LogP) is 0.605. The lowest BCUT2D eigenvalue weighted by Crippen LogP contribution is -2.17. The molecule has 1 heterocycles. The Bertz CT molecular complexity index is 282. The first-order valence-corrected chi connectivity index (χ1v) is 4.16. The van der Waals surface area contributed by atoms with Crippen LogP contribution in [0.4, 0.5) is 0 Å². The monoisotopic (exact) mass is 194 g/mol. The predicted molar refractivity (Wildman–Crippen MR) is 43.3 cm³/mol. The van der Waals surface area contributed by atoms with Gasteiger partial charge in [0.2, 0.25) is 4.47 Å². The van der Waals surface area contributed by atoms with Crippen molar-refractivity contribution in [1.29, 1.82) is 0 Å². The first kappa shape index (κ1) is 8.70. The van der Waals surface area contributed by atoms with Gasteiger partial charge >= 0.3 is 4.87 Å². The summed E-state index contributed by atoms with van der Waals surface area (Å²) in [6, 6.07) is 0. The number of hydrogen-bond donors (Lipinski definition) is 0. The molecule has 0 unspecified atom stereocenters. The minimum absolute atomic E-state index is 0.146. The Morgan fingerprint density at radius 3 is 3.00 bits per heavy atom. The average Bonchev–Trinajstić information content (AvgIpc) is 2.26. The summed E-state index contributed by atoms with van der Waals surface area (Å²) < 4.78 is 6.33. The van der Waals surface area contributed by atoms with Crippen molar-refractivity contribution in [1.82, 2.24) is 9.78 Å². The SMILES string of the molecule is COCCn1nc(Cl)sc1=O. The van der Waals surface area contributed by atoms with E-state index in [0.717, 1.165) is 11.3 Å². The molecule has 0 atom stereocenters. The van der Waals surface area contributed by atoms with Gasteiger partial charge in [0.15, 0.2) is 0 Å². The van der Waals surface area contributed by atoms with E-state index in [0.29, 0.717) is 13.2 Å². The summed E-state index contributed by atoms with van der Waals surface area (Å²) in [6.45, 7) is 0.929. The molecule has 0 aliphatic heterocycles. The largest absolute Gasteiger partial charge is 0.383 e. The lowest BCUT2D eigenvalue weighted by molar-refractivity contribution is 0.182. The molecule has 62 valence electrons. The molecule has 0 bridgehead atoms. The Kier molecular flexibility index (Phi) is 3.04. The van der Waals surface area contributed by atoms with E-state index in [1.807, 2.05) is 0 Å². The van der Waals surface area contributed by atoms with Gasteiger partial charge in [-0.3, -0.25) is 4.79 Å². The van der Waals surface area contributed by atoms with Gasteiger partial charge in [0.1, 0.15) is 0 Å². The van der Waals surface area contributed by atoms with Gasteiger partial charge in [0.05, 0.1) is 13.2 Å². The molecule has 11 heavy (non-hydrogen) atoms. The maximum absolute atomic E-state index is 10.9. The summed E-state index contributed by atoms with van der Waals surface area (Å²) in [7, 11) is 1.57. The van der Waals surface area contributed by atoms with Crippen LogP contribution in [0.1, 0.15) is 0 Å². The van der Waals surface area contributed by atoms with Crippen LogP contribution in [0.2, 0.25) is 4.47 Å². The highest BCUT2D eigenvalue weighted by Gasteiger charge is 2.01. The fourth-order valence-electron chi connectivity index (χ4n) is 0.600. The zero-order valence-corrected chi connectivity index (χ0v) is 7.48. The maximum atomic E-state index is 10.9. The van der Waals surface area contributed by atoms with Crippen LogP contribution in [-0.2, 0) is 11.3 Å². The number of rotatable bonds is 3. The average molecular weight is 195 g/mol. The fourth-order valence-corrected chi connectivity index (χ4v) is 1.41. The summed E-state index contributed by atoms with van der Waals surface area (Å²) in [5.41, 5.74) is 0. The highest BCUT2D eigenvalue weighted by Crippen LogP contribution is 2.04. The molecule has 0 fully saturated rings. The number of nitrogens with zero attached hydrogens (tertiary/aromatic N) is 2. The van der Waals surface area contributed by atoms with Gasteiger partial charge in [-0.25, -0.2) is 4.68 Å². The Morgan fingerprint density at radius 1 is 1.82 bits per heavy atom. The van der Waals surface area contributed by atoms with Crippen molar-refractivity contribution in [2.24, 2.45) is 0 Å². The van der Waals surface area contributed by atoms with Crippen molar-refractivity contribution >= 4 is 22.9 Å². The van der Waals surface area contributed by atoms with Gasteiger partial charge in [-0.1, -0.05) is 0 Å². The summed E-state index contributed by atoms with van der Waals surface area (Å²) >= 11 is 6.42. The quantitative estimate of drug-likeness (QED) is 0.708. The second kappa shape index (κ2) is 3.85. The zero-order chi connectivity index (χ0) is 8.27. The van der Waals surface area contributed by atoms with E-state index < -0.39 is 0 Å². The van der Waals surface area contributed by atoms with Crippen molar-refractivity contribution < 1.29 is 4.74 Å². The van der Waals surface area contributed by atoms with E-state index in [2.05, 4.69) is 5.10 Å². The van der Waals surface area contributed by atoms with Gasteiger partial charge in [-0.2, -0.15) is 0 Å². The zero-order valence-electron chi connectivity index (χ0n) is 5.91. The van der Waals surface area contributed by atoms with Crippen LogP contribution in [0.15, 0.2) is 4.79 Å². The molecule has 4 nitrogen and oxygen atoms in total. The second-order valence-electron chi connectivity index (χ2n) is 1.84. The van der Waals surface area contributed by atoms with E-state index in [-0.39, 0.29) is 9.34 Å². The molecule has 0 saturated carbocycles. The number of aromatic nitrogens is 2. The molecule has 0 aliphatic carbocycles. The topological polar surface area (TPSA) is 44.1 Å². The molecule has 1 rings (SSSR count). The minimum atomic E-state index is -0.146. The number of methoxy groups -OCH3 is 1. The second-order valence-corrected chi connectivity index (χ2v) is 3.36. The first-order chi connectivity index (χ1) is 5.24. The lowest BCUT2D eigenvalue weighted by atomic mass is 10.7. The molecule has 0 amide bonds. The van der Waals surface area contributed by atoms with Gasteiger partial charge in [0.25, 0.3) is 0 Å². The Morgan fingerprint density at radius 2 is 2.55 bits per heavy atom. The Hall–Kier alpha value is -0.390. The third-order valence-electron chi connectivity index (χ3n) is 1.09. The molecule has 0 spiro atoms. The van der Waals surface area contributed by atoms with Gasteiger partial charge in [0, 0.05) is 7.11 Å². The van der Waals surface area contributed by atoms with Crippen LogP contribution in [0.25, 0.3) is 0 Å². The van der Waals surface area contributed by atoms with Gasteiger partial charge in [-0.05, 0) is 22.9 Å². The molecule has 0 radical (unpaired) electrons. The van der Waals surface area contributed by atoms with Crippen LogP contribution >= 0.6 is 22.9 Å². The van der Waals surface area contributed by atoms with Crippen molar-refractivity contribution in [2.75, 3.05) is 13.7 Å². The molecule has 0 aliphatic rings. The third-order valence-corrected chi connectivity index (χ3v) is 2.03. The fraction of sp³-hybridized carbons (Fsp3) is 0.600. The Labute approximate surface area is 72.4 Å². The van der Waals surface area contributed by atoms with Crippen molar-refractivity contribution in [3.05, 3.63) is 14.1 Å². The molecule has 6 heteroatoms. The molecule has 0 aromatic carbocycles. The van der Waals surface area contributed by atoms with Crippen molar-refractivity contribution in [3.8, 4) is 0 Å². The van der Waals surface area contributed by atoms with Gasteiger partial charge in [-0.15, -0.1) is 5.10 Å². The number of hydrogen-bond acceptors (Lipinski definition) is 4. The molecular weight excluding hydrogens is 188 g/mol. The third kappa shape index (κ3) is 2.28. The molecule has 1 aromatic heterocycles. The van der Waals surface area contributed by atoms with Crippen LogP contribution < -0.4 is 4.87 Å². The van der Waals surface area contributed by atoms with E-state index in [1.54, 1.807) is 7.11 Å². The van der Waals surface area contributed by atoms with E-state index >= 15 is 0 Å². The van der Waals surface area contributed by atoms with Crippen LogP contribution in [-0.4, -0.2) is 23.5 Å². The number of ether oxygens (including phenoxy) is 1. The van der Waals surface area contributed by atoms with Crippen LogP contribution in [0.3, 0.4) is 0 Å². The smallest absolute Gasteiger partial charge is 0.326 e. The molecule has 1 aromatic rings. The molecule has 0 N–H and O–H groups in total. The summed E-state index contributed by atoms with van der Waals surface area (Å²) in [5, 5.41) is 3.76. The highest BCUT2D eigenvalue weighted by atomic mass is 35.5. The maximum Gasteiger partial charge on any atom is 0.326 e. The van der Waals surface area contributed by atoms with E-state index in [1.165, 1.54) is 4.68 Å². The number of halogens is 1. The lowest BCUT2D eigenvalue weighted by Gasteiger charge is -1.95. The van der Waals surface area contributed by atoms with Crippen LogP contribution in [0.5, 0.6) is 0 Å². The standard InChI is InChI=1S/C5H7ClN2O2S/c1-10-3-2-8-5(9)11-4(6)7-8/h2-3H2,1H3. The first-order valence-electron chi connectivity index (χ1n) is 2.96. The minimum Gasteiger partial charge on any atom is -0.383 e. The van der Waals surface area contributed by atoms with Crippen molar-refractivity contribution in [2.45, 2.75) is 6.54 Å². The van der Waals surface area contributed by atoms with Gasteiger partial charge < -0.3 is 4.74 Å². The highest BCUT2D eigenvalue weighted by molar-refractivity contribution is 7.13. The summed E-state index contributed by atoms with van der Waals surface area (Å²) in [6.07, 6.45) is 0. The summed E-state index contributed by atoms with van der Waals surface area (Å²) in [4.78, 5) is 10.8. The molecule has 0 saturated heterocycles. The van der Waals surface area contributed by atoms with E-state index in [4.69, 9.17) is 16.3 Å². The van der Waals surface area contributed by atoms with Crippen molar-refractivity contribution in [3.63, 3.8) is 0 Å². The Balaban J connectivity index is 2.70. The van der Waals surface area contributed by atoms with Crippen LogP contribution in [0, 0.1) is 0 Å². The molecular formula is C5H7ClN2O2S. The summed E-state index contributed by atoms with van der Waals surface area (Å²) in [5.74, 6) is 0. The normalized spacial score (nSPS) is 10.4.